The van der Waals surface area contributed by atoms with E-state index in [2.05, 4.69) is 14.7 Å². The molecule has 0 unspecified atom stereocenters. The van der Waals surface area contributed by atoms with Crippen molar-refractivity contribution >= 4 is 40.8 Å². The van der Waals surface area contributed by atoms with E-state index in [1.165, 1.54) is 4.31 Å². The Morgan fingerprint density at radius 2 is 1.95 bits per heavy atom. The van der Waals surface area contributed by atoms with Crippen LogP contribution in [0.2, 0.25) is 0 Å². The molecule has 1 aliphatic rings. The van der Waals surface area contributed by atoms with E-state index in [1.807, 2.05) is 26.0 Å². The zero-order valence-electron chi connectivity index (χ0n) is 12.7. The predicted octanol–water partition coefficient (Wildman–Crippen LogP) is 4.16. The molecule has 0 aliphatic carbocycles. The average Bonchev–Trinajstić information content (AvgIpc) is 2.53. The molecule has 5 heteroatoms. The van der Waals surface area contributed by atoms with Crippen molar-refractivity contribution in [2.24, 2.45) is 5.92 Å². The second-order valence-electron chi connectivity index (χ2n) is 5.35. The van der Waals surface area contributed by atoms with Crippen LogP contribution in [0.25, 0.3) is 6.08 Å². The van der Waals surface area contributed by atoms with Gasteiger partial charge >= 0.3 is 0 Å². The third kappa shape index (κ3) is 3.95. The second-order valence-corrected chi connectivity index (χ2v) is 9.27. The maximum absolute atomic E-state index is 13.0. The lowest BCUT2D eigenvalue weighted by Gasteiger charge is -2.27. The van der Waals surface area contributed by atoms with E-state index >= 15 is 0 Å². The molecule has 1 aliphatic heterocycles. The number of rotatable bonds is 6. The zero-order valence-corrected chi connectivity index (χ0v) is 15.7. The number of halogens is 1. The fourth-order valence-electron chi connectivity index (χ4n) is 2.03. The summed E-state index contributed by atoms with van der Waals surface area (Å²) in [5.74, 6) is 0.251. The summed E-state index contributed by atoms with van der Waals surface area (Å²) in [4.78, 5) is 0.320. The lowest BCUT2D eigenvalue weighted by atomic mass is 10.2. The van der Waals surface area contributed by atoms with Crippen LogP contribution in [0.4, 0.5) is 0 Å². The summed E-state index contributed by atoms with van der Waals surface area (Å²) in [6, 6.07) is 6.85. The Kier molecular flexibility index (Phi) is 5.74. The number of hydrogen-bond donors (Lipinski definition) is 0. The van der Waals surface area contributed by atoms with Crippen molar-refractivity contribution in [1.29, 1.82) is 0 Å². The molecule has 1 aromatic carbocycles. The Morgan fingerprint density at radius 3 is 2.45 bits per heavy atom. The van der Waals surface area contributed by atoms with Crippen LogP contribution < -0.4 is 0 Å². The molecule has 0 N–H and O–H groups in total. The van der Waals surface area contributed by atoms with E-state index in [9.17, 15) is 8.42 Å². The first-order chi connectivity index (χ1) is 10.4. The molecule has 22 heavy (non-hydrogen) atoms. The van der Waals surface area contributed by atoms with Crippen LogP contribution in [0.15, 0.2) is 57.7 Å². The van der Waals surface area contributed by atoms with Gasteiger partial charge in [0.05, 0.1) is 10.6 Å². The van der Waals surface area contributed by atoms with Crippen molar-refractivity contribution in [3.63, 3.8) is 0 Å². The van der Waals surface area contributed by atoms with Crippen molar-refractivity contribution in [3.05, 3.63) is 58.3 Å². The van der Waals surface area contributed by atoms with Crippen molar-refractivity contribution in [2.45, 2.75) is 18.7 Å². The third-order valence-corrected chi connectivity index (χ3v) is 6.75. The van der Waals surface area contributed by atoms with Gasteiger partial charge in [-0.1, -0.05) is 65.4 Å². The topological polar surface area (TPSA) is 37.4 Å². The molecule has 0 fully saturated rings. The molecule has 2 rings (SSSR count). The molecule has 1 aromatic rings. The molecule has 0 spiro atoms. The first-order valence-corrected chi connectivity index (χ1v) is 11.0. The van der Waals surface area contributed by atoms with Gasteiger partial charge in [0.15, 0.2) is 0 Å². The maximum Gasteiger partial charge on any atom is 0.264 e. The molecule has 1 heterocycles. The Balaban J connectivity index is 2.43. The normalized spacial score (nSPS) is 14.4. The van der Waals surface area contributed by atoms with Crippen molar-refractivity contribution in [3.8, 4) is 0 Å². The van der Waals surface area contributed by atoms with Gasteiger partial charge in [-0.25, -0.2) is 8.42 Å². The largest absolute Gasteiger partial charge is 0.266 e. The fourth-order valence-corrected chi connectivity index (χ4v) is 5.41. The van der Waals surface area contributed by atoms with Gasteiger partial charge in [0, 0.05) is 6.54 Å². The van der Waals surface area contributed by atoms with E-state index in [0.717, 1.165) is 11.3 Å². The van der Waals surface area contributed by atoms with Crippen molar-refractivity contribution in [1.82, 2.24) is 4.31 Å². The Hall–Kier alpha value is -1.21. The Morgan fingerprint density at radius 1 is 1.27 bits per heavy atom. The highest BCUT2D eigenvalue weighted by Crippen LogP contribution is 2.26. The molecule has 3 nitrogen and oxygen atoms in total. The van der Waals surface area contributed by atoms with Gasteiger partial charge in [0.1, 0.15) is 0 Å². The second kappa shape index (κ2) is 7.37. The molecule has 118 valence electrons. The van der Waals surface area contributed by atoms with Crippen molar-refractivity contribution in [2.75, 3.05) is 6.54 Å². The van der Waals surface area contributed by atoms with Crippen LogP contribution in [-0.2, 0) is 10.0 Å². The van der Waals surface area contributed by atoms with Crippen molar-refractivity contribution < 1.29 is 8.42 Å². The Labute approximate surface area is 142 Å². The summed E-state index contributed by atoms with van der Waals surface area (Å²) in [5, 5.41) is 0. The average molecular weight is 429 g/mol. The van der Waals surface area contributed by atoms with E-state index in [4.69, 9.17) is 0 Å². The highest BCUT2D eigenvalue weighted by Gasteiger charge is 2.26. The van der Waals surface area contributed by atoms with E-state index in [1.54, 1.807) is 30.3 Å². The molecule has 0 aromatic heterocycles. The molecule has 0 amide bonds. The van der Waals surface area contributed by atoms with Crippen LogP contribution >= 0.6 is 20.7 Å². The zero-order chi connectivity index (χ0) is 16.2. The van der Waals surface area contributed by atoms with Crippen LogP contribution in [0.5, 0.6) is 0 Å². The first kappa shape index (κ1) is 17.1. The number of allylic oxidation sites excluding steroid dienone is 2. The lowest BCUT2D eigenvalue weighted by molar-refractivity contribution is 0.430. The summed E-state index contributed by atoms with van der Waals surface area (Å²) < 4.78 is 31.7. The Bertz CT molecular complexity index is 728. The lowest BCUT2D eigenvalue weighted by Crippen LogP contribution is -2.33. The minimum absolute atomic E-state index is 0.205. The summed E-state index contributed by atoms with van der Waals surface area (Å²) in [5.41, 5.74) is 1.70. The minimum Gasteiger partial charge on any atom is -0.266 e. The van der Waals surface area contributed by atoms with Gasteiger partial charge in [-0.3, -0.25) is 4.31 Å². The maximum atomic E-state index is 13.0. The van der Waals surface area contributed by atoms with Gasteiger partial charge in [0.25, 0.3) is 10.0 Å². The third-order valence-electron chi connectivity index (χ3n) is 3.11. The summed E-state index contributed by atoms with van der Waals surface area (Å²) in [6.45, 7) is 8.22. The highest BCUT2D eigenvalue weighted by atomic mass is 127. The van der Waals surface area contributed by atoms with E-state index in [-0.39, 0.29) is 26.6 Å². The molecule has 0 radical (unpaired) electrons. The van der Waals surface area contributed by atoms with Crippen LogP contribution in [0.3, 0.4) is 0 Å². The first-order valence-electron chi connectivity index (χ1n) is 7.02. The summed E-state index contributed by atoms with van der Waals surface area (Å²) in [6.07, 6.45) is 5.53. The number of nitrogens with zero attached hydrogens (tertiary/aromatic N) is 1. The van der Waals surface area contributed by atoms with E-state index < -0.39 is 10.0 Å². The SMILES string of the molecule is C=Cc1ccc(S(=O)(=O)N(CC(C)C)C2=CI=CC=C2)cc1. The van der Waals surface area contributed by atoms with Crippen LogP contribution in [0, 0.1) is 5.92 Å². The minimum atomic E-state index is -3.54. The van der Waals surface area contributed by atoms with E-state index in [0.29, 0.717) is 11.4 Å². The summed E-state index contributed by atoms with van der Waals surface area (Å²) in [7, 11) is -3.54. The van der Waals surface area contributed by atoms with Gasteiger partial charge in [-0.2, -0.15) is 0 Å². The smallest absolute Gasteiger partial charge is 0.264 e. The molecule has 0 saturated heterocycles. The molecular formula is C17H20INO2S. The standard InChI is InChI=1S/C17H20INO2S/c1-4-15-7-9-17(10-8-15)22(20,21)19(13-14(2)3)16-6-5-11-18-12-16/h4-12,14H,1,13H2,2-3H3. The number of benzene rings is 1. The fraction of sp³-hybridized carbons (Fsp3) is 0.235. The van der Waals surface area contributed by atoms with Crippen LogP contribution in [-0.4, -0.2) is 23.3 Å². The van der Waals surface area contributed by atoms with Gasteiger partial charge in [0.2, 0.25) is 0 Å². The monoisotopic (exact) mass is 429 g/mol. The van der Waals surface area contributed by atoms with Gasteiger partial charge in [-0.15, -0.1) is 0 Å². The molecule has 0 saturated carbocycles. The predicted molar refractivity (Wildman–Crippen MR) is 103 cm³/mol. The molecule has 0 bridgehead atoms. The molecule has 0 atom stereocenters. The van der Waals surface area contributed by atoms with Gasteiger partial charge in [-0.05, 0) is 37.8 Å². The number of hydrogen-bond acceptors (Lipinski definition) is 2. The summed E-state index contributed by atoms with van der Waals surface area (Å²) >= 11 is -0.205. The quantitative estimate of drug-likeness (QED) is 0.637. The van der Waals surface area contributed by atoms with Crippen LogP contribution in [0.1, 0.15) is 19.4 Å². The molecular weight excluding hydrogens is 409 g/mol. The highest BCUT2D eigenvalue weighted by molar-refractivity contribution is 14.2. The number of sulfonamides is 1. The van der Waals surface area contributed by atoms with Gasteiger partial charge < -0.3 is 0 Å².